The molecule has 3 aromatic carbocycles. The van der Waals surface area contributed by atoms with Gasteiger partial charge in [-0.3, -0.25) is 13.9 Å². The third-order valence-electron chi connectivity index (χ3n) is 7.74. The molecule has 230 valence electrons. The van der Waals surface area contributed by atoms with Gasteiger partial charge >= 0.3 is 0 Å². The molecule has 0 spiro atoms. The minimum Gasteiger partial charge on any atom is -0.497 e. The monoisotopic (exact) mass is 607 g/mol. The summed E-state index contributed by atoms with van der Waals surface area (Å²) >= 11 is 0. The Kier molecular flexibility index (Phi) is 10.7. The molecule has 0 saturated heterocycles. The number of nitrogens with one attached hydrogen (secondary N) is 1. The summed E-state index contributed by atoms with van der Waals surface area (Å²) in [5, 5.41) is 3.18. The fourth-order valence-corrected chi connectivity index (χ4v) is 6.36. The number of methoxy groups -OCH3 is 2. The van der Waals surface area contributed by atoms with Crippen LogP contribution in [-0.2, 0) is 32.6 Å². The summed E-state index contributed by atoms with van der Waals surface area (Å²) in [7, 11) is -1.05. The van der Waals surface area contributed by atoms with E-state index >= 15 is 0 Å². The second-order valence-electron chi connectivity index (χ2n) is 11.0. The van der Waals surface area contributed by atoms with Crippen LogP contribution >= 0.6 is 0 Å². The van der Waals surface area contributed by atoms with Crippen molar-refractivity contribution in [1.29, 1.82) is 0 Å². The lowest BCUT2D eigenvalue weighted by Crippen LogP contribution is -2.54. The Morgan fingerprint density at radius 3 is 2.26 bits per heavy atom. The maximum atomic E-state index is 14.4. The van der Waals surface area contributed by atoms with Crippen LogP contribution in [0.2, 0.25) is 0 Å². The summed E-state index contributed by atoms with van der Waals surface area (Å²) in [6.45, 7) is 1.56. The molecule has 9 nitrogen and oxygen atoms in total. The van der Waals surface area contributed by atoms with Crippen molar-refractivity contribution < 1.29 is 27.5 Å². The van der Waals surface area contributed by atoms with Gasteiger partial charge in [-0.15, -0.1) is 0 Å². The molecule has 0 heterocycles. The second-order valence-corrected chi connectivity index (χ2v) is 12.9. The van der Waals surface area contributed by atoms with Crippen molar-refractivity contribution >= 4 is 27.5 Å². The molecule has 0 unspecified atom stereocenters. The number of nitrogens with zero attached hydrogens (tertiary/aromatic N) is 2. The van der Waals surface area contributed by atoms with Crippen LogP contribution in [0, 0.1) is 6.92 Å². The second kappa shape index (κ2) is 14.4. The van der Waals surface area contributed by atoms with Gasteiger partial charge in [0.05, 0.1) is 26.2 Å². The van der Waals surface area contributed by atoms with Crippen molar-refractivity contribution in [3.8, 4) is 11.5 Å². The summed E-state index contributed by atoms with van der Waals surface area (Å²) in [4.78, 5) is 29.8. The standard InChI is InChI=1S/C33H41N3O6S/c1-24-11-10-14-26(19-24)22-35(30(20-25-12-6-5-7-13-25)33(38)34-27-15-8-9-16-27)32(37)23-36(43(4,39)40)29-21-28(41-2)17-18-31(29)42-3/h5-7,10-14,17-19,21,27,30H,8-9,15-16,20,22-23H2,1-4H3,(H,34,38)/t30-/m1/s1. The first-order chi connectivity index (χ1) is 20.6. The van der Waals surface area contributed by atoms with E-state index in [1.54, 1.807) is 12.1 Å². The first-order valence-corrected chi connectivity index (χ1v) is 16.3. The van der Waals surface area contributed by atoms with Crippen molar-refractivity contribution in [1.82, 2.24) is 10.2 Å². The highest BCUT2D eigenvalue weighted by Gasteiger charge is 2.35. The molecule has 1 atom stereocenters. The van der Waals surface area contributed by atoms with Gasteiger partial charge in [0, 0.05) is 25.1 Å². The molecule has 1 N–H and O–H groups in total. The summed E-state index contributed by atoms with van der Waals surface area (Å²) in [6, 6.07) is 21.2. The van der Waals surface area contributed by atoms with Crippen LogP contribution in [0.3, 0.4) is 0 Å². The average Bonchev–Trinajstić information content (AvgIpc) is 3.50. The summed E-state index contributed by atoms with van der Waals surface area (Å²) in [6.07, 6.45) is 5.20. The molecule has 0 radical (unpaired) electrons. The molecule has 10 heteroatoms. The molecule has 0 aromatic heterocycles. The van der Waals surface area contributed by atoms with Crippen molar-refractivity contribution in [2.24, 2.45) is 0 Å². The number of amides is 2. The Bertz CT molecular complexity index is 1510. The Morgan fingerprint density at radius 1 is 0.930 bits per heavy atom. The van der Waals surface area contributed by atoms with Gasteiger partial charge in [-0.1, -0.05) is 73.0 Å². The molecule has 1 fully saturated rings. The van der Waals surface area contributed by atoms with Crippen molar-refractivity contribution in [2.75, 3.05) is 31.3 Å². The highest BCUT2D eigenvalue weighted by Crippen LogP contribution is 2.34. The molecule has 2 amide bonds. The smallest absolute Gasteiger partial charge is 0.244 e. The Balaban J connectivity index is 1.76. The normalized spacial score (nSPS) is 14.1. The van der Waals surface area contributed by atoms with Crippen molar-refractivity contribution in [3.63, 3.8) is 0 Å². The summed E-state index contributed by atoms with van der Waals surface area (Å²) < 4.78 is 38.1. The van der Waals surface area contributed by atoms with Gasteiger partial charge in [0.1, 0.15) is 24.1 Å². The minimum absolute atomic E-state index is 0.0512. The quantitative estimate of drug-likeness (QED) is 0.307. The van der Waals surface area contributed by atoms with E-state index in [0.29, 0.717) is 5.75 Å². The molecule has 0 aliphatic heterocycles. The number of benzene rings is 3. The van der Waals surface area contributed by atoms with Gasteiger partial charge in [0.2, 0.25) is 21.8 Å². The maximum Gasteiger partial charge on any atom is 0.244 e. The largest absolute Gasteiger partial charge is 0.497 e. The number of hydrogen-bond donors (Lipinski definition) is 1. The molecule has 0 bridgehead atoms. The van der Waals surface area contributed by atoms with Gasteiger partial charge in [-0.05, 0) is 43.0 Å². The zero-order chi connectivity index (χ0) is 31.0. The summed E-state index contributed by atoms with van der Waals surface area (Å²) in [5.41, 5.74) is 2.91. The topological polar surface area (TPSA) is 105 Å². The number of carbonyl (C=O) groups is 2. The first kappa shape index (κ1) is 31.9. The van der Waals surface area contributed by atoms with E-state index in [4.69, 9.17) is 9.47 Å². The van der Waals surface area contributed by atoms with Gasteiger partial charge in [-0.25, -0.2) is 8.42 Å². The van der Waals surface area contributed by atoms with Crippen LogP contribution in [0.1, 0.15) is 42.4 Å². The maximum absolute atomic E-state index is 14.4. The molecule has 3 aromatic rings. The number of ether oxygens (including phenoxy) is 2. The molecular weight excluding hydrogens is 566 g/mol. The predicted octanol–water partition coefficient (Wildman–Crippen LogP) is 4.48. The minimum atomic E-state index is -3.96. The average molecular weight is 608 g/mol. The van der Waals surface area contributed by atoms with Crippen LogP contribution in [0.15, 0.2) is 72.8 Å². The third kappa shape index (κ3) is 8.50. The van der Waals surface area contributed by atoms with E-state index in [1.165, 1.54) is 25.2 Å². The van der Waals surface area contributed by atoms with Crippen LogP contribution in [0.25, 0.3) is 0 Å². The SMILES string of the molecule is COc1ccc(OC)c(N(CC(=O)N(Cc2cccc(C)c2)[C@H](Cc2ccccc2)C(=O)NC2CCCC2)S(C)(=O)=O)c1. The third-order valence-corrected chi connectivity index (χ3v) is 8.87. The highest BCUT2D eigenvalue weighted by atomic mass is 32.2. The molecule has 4 rings (SSSR count). The van der Waals surface area contributed by atoms with Gasteiger partial charge in [0.25, 0.3) is 0 Å². The van der Waals surface area contributed by atoms with Crippen molar-refractivity contribution in [3.05, 3.63) is 89.5 Å². The van der Waals surface area contributed by atoms with E-state index in [0.717, 1.165) is 52.9 Å². The molecule has 1 saturated carbocycles. The summed E-state index contributed by atoms with van der Waals surface area (Å²) in [5.74, 6) is -0.0867. The van der Waals surface area contributed by atoms with Crippen LogP contribution in [0.5, 0.6) is 11.5 Å². The number of carbonyl (C=O) groups excluding carboxylic acids is 2. The molecule has 43 heavy (non-hydrogen) atoms. The van der Waals surface area contributed by atoms with E-state index in [-0.39, 0.29) is 36.4 Å². The highest BCUT2D eigenvalue weighted by molar-refractivity contribution is 7.92. The lowest BCUT2D eigenvalue weighted by atomic mass is 10.0. The number of rotatable bonds is 13. The Labute approximate surface area is 254 Å². The fraction of sp³-hybridized carbons (Fsp3) is 0.394. The van der Waals surface area contributed by atoms with Crippen LogP contribution in [0.4, 0.5) is 5.69 Å². The van der Waals surface area contributed by atoms with Crippen LogP contribution in [-0.4, -0.2) is 64.2 Å². The predicted molar refractivity (Wildman–Crippen MR) is 168 cm³/mol. The Morgan fingerprint density at radius 2 is 1.63 bits per heavy atom. The first-order valence-electron chi connectivity index (χ1n) is 14.5. The number of anilines is 1. The van der Waals surface area contributed by atoms with Gasteiger partial charge < -0.3 is 19.7 Å². The number of hydrogen-bond acceptors (Lipinski definition) is 6. The number of sulfonamides is 1. The van der Waals surface area contributed by atoms with E-state index in [2.05, 4.69) is 5.32 Å². The Hall–Kier alpha value is -4.05. The van der Waals surface area contributed by atoms with E-state index < -0.39 is 28.5 Å². The molecule has 1 aliphatic carbocycles. The van der Waals surface area contributed by atoms with E-state index in [1.807, 2.05) is 61.5 Å². The van der Waals surface area contributed by atoms with Crippen molar-refractivity contribution in [2.45, 2.75) is 57.7 Å². The zero-order valence-electron chi connectivity index (χ0n) is 25.3. The van der Waals surface area contributed by atoms with E-state index in [9.17, 15) is 18.0 Å². The zero-order valence-corrected chi connectivity index (χ0v) is 26.1. The number of aryl methyl sites for hydroxylation is 1. The lowest BCUT2D eigenvalue weighted by Gasteiger charge is -2.34. The lowest BCUT2D eigenvalue weighted by molar-refractivity contribution is -0.140. The molecular formula is C33H41N3O6S. The van der Waals surface area contributed by atoms with Gasteiger partial charge in [-0.2, -0.15) is 0 Å². The van der Waals surface area contributed by atoms with Crippen LogP contribution < -0.4 is 19.1 Å². The van der Waals surface area contributed by atoms with Gasteiger partial charge in [0.15, 0.2) is 0 Å². The fourth-order valence-electron chi connectivity index (χ4n) is 5.52. The molecule has 1 aliphatic rings.